The van der Waals surface area contributed by atoms with E-state index in [4.69, 9.17) is 13.3 Å². The first-order valence-electron chi connectivity index (χ1n) is 9.25. The fraction of sp³-hybridized carbons (Fsp3) is 1.00. The maximum atomic E-state index is 9.46. The predicted octanol–water partition coefficient (Wildman–Crippen LogP) is 2.99. The smallest absolute Gasteiger partial charge is 0.399 e. The summed E-state index contributed by atoms with van der Waals surface area (Å²) in [4.78, 5) is 0. The van der Waals surface area contributed by atoms with Gasteiger partial charge in [0, 0.05) is 57.6 Å². The molecular weight excluding hydrogens is 441 g/mol. The number of aliphatic hydroxyl groups is 3. The molecule has 0 spiro atoms. The maximum absolute atomic E-state index is 9.46. The van der Waals surface area contributed by atoms with Gasteiger partial charge in [-0.1, -0.05) is 35.4 Å². The normalized spacial score (nSPS) is 15.1. The van der Waals surface area contributed by atoms with Crippen LogP contribution in [0, 0.1) is 11.8 Å². The lowest BCUT2D eigenvalue weighted by Gasteiger charge is -2.27. The van der Waals surface area contributed by atoms with E-state index in [0.717, 1.165) is 36.4 Å². The van der Waals surface area contributed by atoms with Gasteiger partial charge in [0.25, 0.3) is 0 Å². The third kappa shape index (κ3) is 11.3. The molecule has 2 unspecified atom stereocenters. The minimum Gasteiger partial charge on any atom is -0.399 e. The van der Waals surface area contributed by atoms with Gasteiger partial charge in [-0.2, -0.15) is 0 Å². The van der Waals surface area contributed by atoms with E-state index in [1.165, 1.54) is 0 Å². The van der Waals surface area contributed by atoms with Crippen LogP contribution in [0.15, 0.2) is 0 Å². The van der Waals surface area contributed by atoms with Crippen molar-refractivity contribution in [3.05, 3.63) is 0 Å². The quantitative estimate of drug-likeness (QED) is 0.156. The first kappa shape index (κ1) is 28.2. The van der Waals surface area contributed by atoms with Crippen LogP contribution in [0.3, 0.4) is 0 Å². The minimum atomic E-state index is -2.48. The van der Waals surface area contributed by atoms with Gasteiger partial charge in [0.1, 0.15) is 8.07 Å². The van der Waals surface area contributed by atoms with Gasteiger partial charge in [0.2, 0.25) is 0 Å². The van der Waals surface area contributed by atoms with Gasteiger partial charge >= 0.3 is 8.80 Å². The fourth-order valence-electron chi connectivity index (χ4n) is 2.81. The van der Waals surface area contributed by atoms with Crippen molar-refractivity contribution in [1.29, 1.82) is 0 Å². The van der Waals surface area contributed by atoms with E-state index < -0.39 is 16.9 Å². The molecule has 0 aliphatic heterocycles. The highest BCUT2D eigenvalue weighted by atomic mass is 33.5. The van der Waals surface area contributed by atoms with Crippen molar-refractivity contribution in [3.8, 4) is 0 Å². The van der Waals surface area contributed by atoms with Gasteiger partial charge in [0.15, 0.2) is 0 Å². The molecule has 0 radical (unpaired) electrons. The molecule has 0 aromatic heterocycles. The first-order valence-corrected chi connectivity index (χ1v) is 17.8. The molecule has 0 saturated heterocycles. The monoisotopic (exact) mass is 478 g/mol. The summed E-state index contributed by atoms with van der Waals surface area (Å²) < 4.78 is 16.4. The summed E-state index contributed by atoms with van der Waals surface area (Å²) in [5, 5.41) is 28.4. The van der Waals surface area contributed by atoms with Gasteiger partial charge in [-0.25, -0.2) is 0 Å². The summed E-state index contributed by atoms with van der Waals surface area (Å²) in [7, 11) is 5.75. The Morgan fingerprint density at radius 3 is 1.52 bits per heavy atom. The highest BCUT2D eigenvalue weighted by Crippen LogP contribution is 2.37. The third-order valence-electron chi connectivity index (χ3n) is 4.80. The van der Waals surface area contributed by atoms with Crippen LogP contribution in [-0.4, -0.2) is 83.7 Å². The second-order valence-corrected chi connectivity index (χ2v) is 19.0. The minimum absolute atomic E-state index is 0.0420. The summed E-state index contributed by atoms with van der Waals surface area (Å²) in [5.41, 5.74) is 0. The van der Waals surface area contributed by atoms with Crippen LogP contribution in [0.1, 0.15) is 26.7 Å². The summed E-state index contributed by atoms with van der Waals surface area (Å²) in [6.07, 6.45) is 2.00. The Hall–Kier alpha value is 1.24. The molecule has 2 atom stereocenters. The van der Waals surface area contributed by atoms with E-state index in [-0.39, 0.29) is 18.7 Å². The number of rotatable bonds is 18. The van der Waals surface area contributed by atoms with E-state index >= 15 is 0 Å². The highest BCUT2D eigenvalue weighted by molar-refractivity contribution is 9.09. The van der Waals surface area contributed by atoms with Crippen molar-refractivity contribution in [2.75, 3.05) is 51.5 Å². The van der Waals surface area contributed by atoms with E-state index in [9.17, 15) is 15.3 Å². The SMILES string of the molecule is CO[Si](CC(C)CCSSSCCC(C)C[Si](CO)(CO)CO)(OC)OC. The predicted molar refractivity (Wildman–Crippen MR) is 123 cm³/mol. The molecule has 11 heteroatoms. The van der Waals surface area contributed by atoms with Crippen LogP contribution in [0.5, 0.6) is 0 Å². The zero-order valence-corrected chi connectivity index (χ0v) is 21.8. The molecule has 3 N–H and O–H groups in total. The molecule has 0 heterocycles. The Morgan fingerprint density at radius 2 is 1.15 bits per heavy atom. The number of hydrogen-bond acceptors (Lipinski definition) is 9. The van der Waals surface area contributed by atoms with Crippen molar-refractivity contribution in [1.82, 2.24) is 0 Å². The van der Waals surface area contributed by atoms with Crippen molar-refractivity contribution in [2.24, 2.45) is 11.8 Å². The molecule has 0 aliphatic carbocycles. The Kier molecular flexibility index (Phi) is 16.7. The molecule has 0 amide bonds. The lowest BCUT2D eigenvalue weighted by molar-refractivity contribution is 0.118. The van der Waals surface area contributed by atoms with Gasteiger partial charge < -0.3 is 28.6 Å². The molecule has 0 aromatic carbocycles. The lowest BCUT2D eigenvalue weighted by atomic mass is 10.2. The number of aliphatic hydroxyl groups excluding tert-OH is 3. The summed E-state index contributed by atoms with van der Waals surface area (Å²) >= 11 is 0. The van der Waals surface area contributed by atoms with Crippen LogP contribution in [0.2, 0.25) is 12.1 Å². The molecule has 0 rings (SSSR count). The first-order chi connectivity index (χ1) is 12.9. The molecule has 0 saturated carbocycles. The van der Waals surface area contributed by atoms with Crippen LogP contribution in [-0.2, 0) is 13.3 Å². The second kappa shape index (κ2) is 16.0. The Balaban J connectivity index is 3.86. The molecule has 27 heavy (non-hydrogen) atoms. The van der Waals surface area contributed by atoms with Gasteiger partial charge in [-0.3, -0.25) is 0 Å². The molecular formula is C16H38O6S3Si2. The summed E-state index contributed by atoms with van der Waals surface area (Å²) in [5.74, 6) is 3.01. The lowest BCUT2D eigenvalue weighted by Crippen LogP contribution is -2.49. The molecule has 0 bridgehead atoms. The van der Waals surface area contributed by atoms with Crippen molar-refractivity contribution in [3.63, 3.8) is 0 Å². The third-order valence-corrected chi connectivity index (χ3v) is 15.7. The van der Waals surface area contributed by atoms with Gasteiger partial charge in [-0.05, 0) is 40.5 Å². The zero-order valence-electron chi connectivity index (χ0n) is 17.3. The van der Waals surface area contributed by atoms with E-state index in [1.807, 2.05) is 31.4 Å². The largest absolute Gasteiger partial charge is 0.500 e. The molecule has 6 nitrogen and oxygen atoms in total. The zero-order chi connectivity index (χ0) is 20.8. The Morgan fingerprint density at radius 1 is 0.741 bits per heavy atom. The standard InChI is InChI=1S/C16H38O6S3Si2/c1-15(10-26(12-17,13-18)14-19)6-8-23-25-24-9-7-16(2)11-27(20-3,21-4)22-5/h15-19H,6-14H2,1-5H3. The van der Waals surface area contributed by atoms with E-state index in [2.05, 4.69) is 13.8 Å². The van der Waals surface area contributed by atoms with Crippen molar-refractivity contribution in [2.45, 2.75) is 38.8 Å². The topological polar surface area (TPSA) is 88.4 Å². The van der Waals surface area contributed by atoms with E-state index in [0.29, 0.717) is 11.8 Å². The average Bonchev–Trinajstić information content (AvgIpc) is 2.69. The fourth-order valence-corrected chi connectivity index (χ4v) is 11.5. The van der Waals surface area contributed by atoms with Gasteiger partial charge in [0.05, 0.1) is 0 Å². The maximum Gasteiger partial charge on any atom is 0.500 e. The number of hydrogen-bond donors (Lipinski definition) is 3. The van der Waals surface area contributed by atoms with Crippen molar-refractivity contribution < 1.29 is 28.6 Å². The summed E-state index contributed by atoms with van der Waals surface area (Å²) in [6.45, 7) is 4.35. The molecule has 0 fully saturated rings. The van der Waals surface area contributed by atoms with Crippen LogP contribution < -0.4 is 0 Å². The van der Waals surface area contributed by atoms with Gasteiger partial charge in [-0.15, -0.1) is 0 Å². The second-order valence-electron chi connectivity index (χ2n) is 7.18. The van der Waals surface area contributed by atoms with E-state index in [1.54, 1.807) is 21.3 Å². The molecule has 0 aromatic rings. The average molecular weight is 479 g/mol. The Bertz CT molecular complexity index is 315. The van der Waals surface area contributed by atoms with Crippen LogP contribution >= 0.6 is 31.4 Å². The Labute approximate surface area is 178 Å². The van der Waals surface area contributed by atoms with Crippen LogP contribution in [0.4, 0.5) is 0 Å². The van der Waals surface area contributed by atoms with Crippen molar-refractivity contribution >= 4 is 48.3 Å². The van der Waals surface area contributed by atoms with Crippen LogP contribution in [0.25, 0.3) is 0 Å². The highest BCUT2D eigenvalue weighted by Gasteiger charge is 2.39. The summed E-state index contributed by atoms with van der Waals surface area (Å²) in [6, 6.07) is 1.61. The molecule has 164 valence electrons. The molecule has 0 aliphatic rings.